The average Bonchev–Trinajstić information content (AvgIpc) is 2.18. The molecule has 3 nitrogen and oxygen atoms in total. The third-order valence-electron chi connectivity index (χ3n) is 2.09. The van der Waals surface area contributed by atoms with Crippen molar-refractivity contribution < 1.29 is 9.90 Å². The van der Waals surface area contributed by atoms with Crippen molar-refractivity contribution in [3.63, 3.8) is 0 Å². The molecule has 1 aromatic rings. The topological polar surface area (TPSA) is 49.3 Å². The molecule has 76 valence electrons. The molecule has 0 radical (unpaired) electrons. The Bertz CT molecular complexity index is 285. The monoisotopic (exact) mass is 193 g/mol. The largest absolute Gasteiger partial charge is 0.481 e. The zero-order valence-corrected chi connectivity index (χ0v) is 8.23. The highest BCUT2D eigenvalue weighted by Crippen LogP contribution is 2.10. The van der Waals surface area contributed by atoms with Crippen LogP contribution in [0.15, 0.2) is 30.3 Å². The first-order valence-corrected chi connectivity index (χ1v) is 4.70. The summed E-state index contributed by atoms with van der Waals surface area (Å²) in [5.74, 6) is -0.766. The van der Waals surface area contributed by atoms with Crippen LogP contribution in [0.4, 0.5) is 0 Å². The van der Waals surface area contributed by atoms with Gasteiger partial charge in [0.05, 0.1) is 6.42 Å². The van der Waals surface area contributed by atoms with E-state index in [1.165, 1.54) is 5.56 Å². The highest BCUT2D eigenvalue weighted by molar-refractivity contribution is 5.66. The standard InChI is InChI=1S/C11H15NO2/c1-9(12-8-7-11(13)14)10-5-3-2-4-6-10/h2-6,9,12H,7-8H2,1H3,(H,13,14)/t9-/m0/s1. The predicted octanol–water partition coefficient (Wildman–Crippen LogP) is 1.81. The molecule has 0 unspecified atom stereocenters. The Morgan fingerprint density at radius 2 is 2.07 bits per heavy atom. The molecular weight excluding hydrogens is 178 g/mol. The fraction of sp³-hybridized carbons (Fsp3) is 0.364. The van der Waals surface area contributed by atoms with E-state index in [-0.39, 0.29) is 12.5 Å². The second-order valence-corrected chi connectivity index (χ2v) is 3.23. The molecule has 0 saturated heterocycles. The quantitative estimate of drug-likeness (QED) is 0.749. The fourth-order valence-electron chi connectivity index (χ4n) is 1.26. The molecule has 0 aromatic heterocycles. The molecule has 0 fully saturated rings. The Hall–Kier alpha value is -1.35. The van der Waals surface area contributed by atoms with Crippen molar-refractivity contribution in [3.05, 3.63) is 35.9 Å². The summed E-state index contributed by atoms with van der Waals surface area (Å²) in [7, 11) is 0. The van der Waals surface area contributed by atoms with E-state index in [0.717, 1.165) is 0 Å². The minimum absolute atomic E-state index is 0.164. The molecule has 0 spiro atoms. The lowest BCUT2D eigenvalue weighted by molar-refractivity contribution is -0.136. The summed E-state index contributed by atoms with van der Waals surface area (Å²) in [6, 6.07) is 10.2. The minimum Gasteiger partial charge on any atom is -0.481 e. The summed E-state index contributed by atoms with van der Waals surface area (Å²) in [5.41, 5.74) is 1.18. The number of nitrogens with one attached hydrogen (secondary N) is 1. The third-order valence-corrected chi connectivity index (χ3v) is 2.09. The minimum atomic E-state index is -0.766. The Morgan fingerprint density at radius 1 is 1.43 bits per heavy atom. The fourth-order valence-corrected chi connectivity index (χ4v) is 1.26. The van der Waals surface area contributed by atoms with Crippen molar-refractivity contribution in [2.45, 2.75) is 19.4 Å². The van der Waals surface area contributed by atoms with Gasteiger partial charge in [-0.15, -0.1) is 0 Å². The molecular formula is C11H15NO2. The molecule has 2 N–H and O–H groups in total. The van der Waals surface area contributed by atoms with E-state index < -0.39 is 5.97 Å². The maximum Gasteiger partial charge on any atom is 0.304 e. The van der Waals surface area contributed by atoms with Crippen LogP contribution in [0.3, 0.4) is 0 Å². The van der Waals surface area contributed by atoms with Gasteiger partial charge < -0.3 is 10.4 Å². The number of aliphatic carboxylic acids is 1. The second kappa shape index (κ2) is 5.40. The van der Waals surface area contributed by atoms with E-state index in [4.69, 9.17) is 5.11 Å². The number of carbonyl (C=O) groups is 1. The Balaban J connectivity index is 2.36. The summed E-state index contributed by atoms with van der Waals surface area (Å²) in [6.07, 6.45) is 0.164. The third kappa shape index (κ3) is 3.58. The maximum atomic E-state index is 10.3. The molecule has 1 rings (SSSR count). The van der Waals surface area contributed by atoms with Gasteiger partial charge in [0.15, 0.2) is 0 Å². The van der Waals surface area contributed by atoms with Crippen molar-refractivity contribution >= 4 is 5.97 Å². The average molecular weight is 193 g/mol. The highest BCUT2D eigenvalue weighted by Gasteiger charge is 2.04. The van der Waals surface area contributed by atoms with Crippen LogP contribution in [0, 0.1) is 0 Å². The molecule has 0 saturated carbocycles. The normalized spacial score (nSPS) is 12.4. The van der Waals surface area contributed by atoms with Gasteiger partial charge in [-0.3, -0.25) is 4.79 Å². The van der Waals surface area contributed by atoms with Crippen LogP contribution >= 0.6 is 0 Å². The summed E-state index contributed by atoms with van der Waals surface area (Å²) in [4.78, 5) is 10.3. The van der Waals surface area contributed by atoms with Gasteiger partial charge >= 0.3 is 5.97 Å². The van der Waals surface area contributed by atoms with Gasteiger partial charge in [-0.05, 0) is 12.5 Å². The highest BCUT2D eigenvalue weighted by atomic mass is 16.4. The molecule has 1 aromatic carbocycles. The first-order valence-electron chi connectivity index (χ1n) is 4.70. The van der Waals surface area contributed by atoms with E-state index in [0.29, 0.717) is 6.54 Å². The number of hydrogen-bond acceptors (Lipinski definition) is 2. The lowest BCUT2D eigenvalue weighted by Gasteiger charge is -2.12. The van der Waals surface area contributed by atoms with E-state index >= 15 is 0 Å². The molecule has 0 aliphatic carbocycles. The Morgan fingerprint density at radius 3 is 2.64 bits per heavy atom. The van der Waals surface area contributed by atoms with Gasteiger partial charge in [0.2, 0.25) is 0 Å². The zero-order valence-electron chi connectivity index (χ0n) is 8.23. The summed E-state index contributed by atoms with van der Waals surface area (Å²) < 4.78 is 0. The molecule has 14 heavy (non-hydrogen) atoms. The van der Waals surface area contributed by atoms with Crippen LogP contribution in [0.2, 0.25) is 0 Å². The van der Waals surface area contributed by atoms with Crippen LogP contribution in [0.1, 0.15) is 24.9 Å². The number of hydrogen-bond donors (Lipinski definition) is 2. The van der Waals surface area contributed by atoms with Gasteiger partial charge in [0, 0.05) is 12.6 Å². The van der Waals surface area contributed by atoms with Crippen molar-refractivity contribution in [2.75, 3.05) is 6.54 Å². The van der Waals surface area contributed by atoms with Crippen molar-refractivity contribution in [1.29, 1.82) is 0 Å². The zero-order chi connectivity index (χ0) is 10.4. The van der Waals surface area contributed by atoms with Gasteiger partial charge in [-0.25, -0.2) is 0 Å². The second-order valence-electron chi connectivity index (χ2n) is 3.23. The van der Waals surface area contributed by atoms with E-state index in [2.05, 4.69) is 5.32 Å². The Labute approximate surface area is 83.8 Å². The van der Waals surface area contributed by atoms with Gasteiger partial charge in [0.25, 0.3) is 0 Å². The molecule has 0 aliphatic heterocycles. The van der Waals surface area contributed by atoms with Crippen LogP contribution < -0.4 is 5.32 Å². The summed E-state index contributed by atoms with van der Waals surface area (Å²) in [5, 5.41) is 11.6. The van der Waals surface area contributed by atoms with Crippen LogP contribution in [0.25, 0.3) is 0 Å². The molecule has 0 bridgehead atoms. The number of benzene rings is 1. The van der Waals surface area contributed by atoms with Crippen molar-refractivity contribution in [3.8, 4) is 0 Å². The van der Waals surface area contributed by atoms with E-state index in [9.17, 15) is 4.79 Å². The maximum absolute atomic E-state index is 10.3. The summed E-state index contributed by atoms with van der Waals surface area (Å²) >= 11 is 0. The predicted molar refractivity (Wildman–Crippen MR) is 55.1 cm³/mol. The number of carboxylic acids is 1. The molecule has 0 heterocycles. The molecule has 0 aliphatic rings. The van der Waals surface area contributed by atoms with Crippen LogP contribution in [-0.2, 0) is 4.79 Å². The van der Waals surface area contributed by atoms with Gasteiger partial charge in [0.1, 0.15) is 0 Å². The van der Waals surface area contributed by atoms with Crippen LogP contribution in [0.5, 0.6) is 0 Å². The lowest BCUT2D eigenvalue weighted by Crippen LogP contribution is -2.21. The molecule has 3 heteroatoms. The first-order chi connectivity index (χ1) is 6.70. The van der Waals surface area contributed by atoms with Gasteiger partial charge in [-0.2, -0.15) is 0 Å². The molecule has 0 amide bonds. The SMILES string of the molecule is C[C@H](NCCC(=O)O)c1ccccc1. The van der Waals surface area contributed by atoms with E-state index in [1.807, 2.05) is 37.3 Å². The smallest absolute Gasteiger partial charge is 0.304 e. The number of rotatable bonds is 5. The van der Waals surface area contributed by atoms with Crippen molar-refractivity contribution in [2.24, 2.45) is 0 Å². The summed E-state index contributed by atoms with van der Waals surface area (Å²) in [6.45, 7) is 2.53. The first kappa shape index (κ1) is 10.7. The Kier molecular flexibility index (Phi) is 4.13. The van der Waals surface area contributed by atoms with Crippen molar-refractivity contribution in [1.82, 2.24) is 5.32 Å². The van der Waals surface area contributed by atoms with Crippen LogP contribution in [-0.4, -0.2) is 17.6 Å². The van der Waals surface area contributed by atoms with E-state index in [1.54, 1.807) is 0 Å². The van der Waals surface area contributed by atoms with Gasteiger partial charge in [-0.1, -0.05) is 30.3 Å². The number of carboxylic acid groups (broad SMARTS) is 1. The molecule has 1 atom stereocenters. The lowest BCUT2D eigenvalue weighted by atomic mass is 10.1.